The first-order valence-electron chi connectivity index (χ1n) is 19.1. The number of hydrogen-bond acceptors (Lipinski definition) is 8. The van der Waals surface area contributed by atoms with Gasteiger partial charge in [0.2, 0.25) is 11.8 Å². The molecular formula is C43H49F3N4O6. The second-order valence-electron chi connectivity index (χ2n) is 14.0. The highest BCUT2D eigenvalue weighted by atomic mass is 19.4. The summed E-state index contributed by atoms with van der Waals surface area (Å²) in [5.41, 5.74) is 2.01. The quantitative estimate of drug-likeness (QED) is 0.114. The van der Waals surface area contributed by atoms with Crippen molar-refractivity contribution < 1.29 is 41.7 Å². The Labute approximate surface area is 325 Å². The molecule has 2 aliphatic rings. The van der Waals surface area contributed by atoms with E-state index in [4.69, 9.17) is 18.9 Å². The van der Waals surface area contributed by atoms with Gasteiger partial charge in [-0.15, -0.1) is 0 Å². The van der Waals surface area contributed by atoms with Crippen LogP contribution in [0.4, 0.5) is 24.5 Å². The number of morpholine rings is 2. The zero-order chi connectivity index (χ0) is 39.2. The molecule has 2 heterocycles. The molecule has 4 aromatic carbocycles. The number of halogens is 3. The highest BCUT2D eigenvalue weighted by molar-refractivity contribution is 5.93. The van der Waals surface area contributed by atoms with Gasteiger partial charge in [0.15, 0.2) is 0 Å². The molecular weight excluding hydrogens is 725 g/mol. The van der Waals surface area contributed by atoms with Crippen LogP contribution in [0.25, 0.3) is 0 Å². The standard InChI is InChI=1S/C43H49F3N4O6/c44-43(45,46)34-13-11-33(12-14-34)28-42(52)48-36-9-4-10-38(29-36)54-24-6-20-50-22-26-56-40(31-50)39-30-49(21-25-55-39)19-5-23-53-37-17-15-35(16-18-37)47-41(51)27-32-7-2-1-3-8-32/h1-4,7-18,29,39-40H,5-6,19-28,30-31H2,(H,47,51)(H,48,52). The molecule has 0 aromatic heterocycles. The SMILES string of the molecule is O=C(Cc1ccccc1)Nc1ccc(OCCCN2CCOC(C3CN(CCCOc4cccc(NC(=O)Cc5ccc(C(F)(F)F)cc5)c4)CCO3)C2)cc1. The first-order valence-corrected chi connectivity index (χ1v) is 19.1. The summed E-state index contributed by atoms with van der Waals surface area (Å²) in [6, 6.07) is 28.8. The number of nitrogens with one attached hydrogen (secondary N) is 2. The number of ether oxygens (including phenoxy) is 4. The number of amides is 2. The van der Waals surface area contributed by atoms with E-state index in [-0.39, 0.29) is 30.4 Å². The third kappa shape index (κ3) is 13.1. The van der Waals surface area contributed by atoms with E-state index in [9.17, 15) is 22.8 Å². The van der Waals surface area contributed by atoms with Gasteiger partial charge in [-0.05, 0) is 72.5 Å². The molecule has 4 aromatic rings. The van der Waals surface area contributed by atoms with E-state index >= 15 is 0 Å². The second-order valence-corrected chi connectivity index (χ2v) is 14.0. The first kappa shape index (κ1) is 40.7. The van der Waals surface area contributed by atoms with E-state index in [2.05, 4.69) is 20.4 Å². The lowest BCUT2D eigenvalue weighted by Crippen LogP contribution is -2.55. The predicted molar refractivity (Wildman–Crippen MR) is 208 cm³/mol. The van der Waals surface area contributed by atoms with Gasteiger partial charge >= 0.3 is 6.18 Å². The summed E-state index contributed by atoms with van der Waals surface area (Å²) in [5.74, 6) is 1.00. The maximum atomic E-state index is 12.8. The van der Waals surface area contributed by atoms with Gasteiger partial charge in [0.25, 0.3) is 0 Å². The van der Waals surface area contributed by atoms with E-state index in [1.807, 2.05) is 60.7 Å². The molecule has 0 bridgehead atoms. The lowest BCUT2D eigenvalue weighted by molar-refractivity contribution is -0.138. The molecule has 13 heteroatoms. The van der Waals surface area contributed by atoms with E-state index in [0.717, 1.165) is 81.2 Å². The summed E-state index contributed by atoms with van der Waals surface area (Å²) in [4.78, 5) is 29.7. The van der Waals surface area contributed by atoms with Gasteiger partial charge in [0.1, 0.15) is 11.5 Å². The monoisotopic (exact) mass is 774 g/mol. The van der Waals surface area contributed by atoms with Crippen LogP contribution in [-0.2, 0) is 38.1 Å². The third-order valence-electron chi connectivity index (χ3n) is 9.65. The van der Waals surface area contributed by atoms with Crippen molar-refractivity contribution in [2.75, 3.05) is 76.3 Å². The summed E-state index contributed by atoms with van der Waals surface area (Å²) in [7, 11) is 0. The minimum absolute atomic E-state index is 0.00874. The molecule has 298 valence electrons. The van der Waals surface area contributed by atoms with Crippen LogP contribution < -0.4 is 20.1 Å². The summed E-state index contributed by atoms with van der Waals surface area (Å²) < 4.78 is 62.8. The minimum atomic E-state index is -4.42. The molecule has 0 spiro atoms. The molecule has 0 radical (unpaired) electrons. The molecule has 6 rings (SSSR count). The maximum Gasteiger partial charge on any atom is 0.416 e. The predicted octanol–water partition coefficient (Wildman–Crippen LogP) is 6.71. The van der Waals surface area contributed by atoms with Crippen molar-refractivity contribution in [3.05, 3.63) is 120 Å². The van der Waals surface area contributed by atoms with Crippen molar-refractivity contribution >= 4 is 23.2 Å². The van der Waals surface area contributed by atoms with E-state index in [0.29, 0.717) is 49.8 Å². The molecule has 2 aliphatic heterocycles. The molecule has 2 unspecified atom stereocenters. The fourth-order valence-electron chi connectivity index (χ4n) is 6.76. The zero-order valence-electron chi connectivity index (χ0n) is 31.3. The number of hydrogen-bond donors (Lipinski definition) is 2. The van der Waals surface area contributed by atoms with Gasteiger partial charge in [0, 0.05) is 56.7 Å². The molecule has 2 N–H and O–H groups in total. The van der Waals surface area contributed by atoms with E-state index in [1.54, 1.807) is 18.2 Å². The van der Waals surface area contributed by atoms with E-state index < -0.39 is 11.7 Å². The molecule has 2 atom stereocenters. The van der Waals surface area contributed by atoms with Crippen molar-refractivity contribution in [2.45, 2.75) is 44.1 Å². The largest absolute Gasteiger partial charge is 0.494 e. The van der Waals surface area contributed by atoms with Crippen LogP contribution in [0.5, 0.6) is 11.5 Å². The number of carbonyl (C=O) groups excluding carboxylic acids is 2. The van der Waals surface area contributed by atoms with E-state index in [1.165, 1.54) is 12.1 Å². The summed E-state index contributed by atoms with van der Waals surface area (Å²) >= 11 is 0. The Morgan fingerprint density at radius 1 is 0.643 bits per heavy atom. The average molecular weight is 775 g/mol. The fraction of sp³-hybridized carbons (Fsp3) is 0.395. The van der Waals surface area contributed by atoms with Crippen LogP contribution in [0.15, 0.2) is 103 Å². The molecule has 2 fully saturated rings. The average Bonchev–Trinajstić information content (AvgIpc) is 3.19. The number of anilines is 2. The van der Waals surface area contributed by atoms with Crippen molar-refractivity contribution in [3.8, 4) is 11.5 Å². The number of rotatable bonds is 17. The Morgan fingerprint density at radius 3 is 1.79 bits per heavy atom. The van der Waals surface area contributed by atoms with Crippen LogP contribution in [0.1, 0.15) is 29.5 Å². The van der Waals surface area contributed by atoms with Crippen molar-refractivity contribution in [1.82, 2.24) is 9.80 Å². The van der Waals surface area contributed by atoms with Gasteiger partial charge in [-0.2, -0.15) is 13.2 Å². The third-order valence-corrected chi connectivity index (χ3v) is 9.65. The van der Waals surface area contributed by atoms with Gasteiger partial charge in [-0.1, -0.05) is 48.5 Å². The molecule has 0 aliphatic carbocycles. The molecule has 2 saturated heterocycles. The van der Waals surface area contributed by atoms with Crippen LogP contribution in [0.2, 0.25) is 0 Å². The maximum absolute atomic E-state index is 12.8. The number of nitrogens with zero attached hydrogens (tertiary/aromatic N) is 2. The number of benzene rings is 4. The van der Waals surface area contributed by atoms with Gasteiger partial charge in [-0.25, -0.2) is 0 Å². The topological polar surface area (TPSA) is 102 Å². The van der Waals surface area contributed by atoms with Crippen LogP contribution in [0, 0.1) is 0 Å². The Balaban J connectivity index is 0.845. The molecule has 10 nitrogen and oxygen atoms in total. The lowest BCUT2D eigenvalue weighted by atomic mass is 10.1. The Hall–Kier alpha value is -4.95. The summed E-state index contributed by atoms with van der Waals surface area (Å²) in [5, 5.41) is 5.73. The first-order chi connectivity index (χ1) is 27.2. The second kappa shape index (κ2) is 20.3. The van der Waals surface area contributed by atoms with Crippen LogP contribution in [-0.4, -0.2) is 99.5 Å². The highest BCUT2D eigenvalue weighted by Gasteiger charge is 2.32. The van der Waals surface area contributed by atoms with Crippen LogP contribution >= 0.6 is 0 Å². The molecule has 0 saturated carbocycles. The highest BCUT2D eigenvalue weighted by Crippen LogP contribution is 2.29. The Kier molecular flexibility index (Phi) is 14.7. The minimum Gasteiger partial charge on any atom is -0.494 e. The summed E-state index contributed by atoms with van der Waals surface area (Å²) in [6.07, 6.45) is -2.47. The lowest BCUT2D eigenvalue weighted by Gasteiger charge is -2.41. The smallest absolute Gasteiger partial charge is 0.416 e. The Morgan fingerprint density at radius 2 is 1.20 bits per heavy atom. The van der Waals surface area contributed by atoms with Gasteiger partial charge in [-0.3, -0.25) is 19.4 Å². The van der Waals surface area contributed by atoms with Gasteiger partial charge in [0.05, 0.1) is 57.0 Å². The molecule has 2 amide bonds. The summed E-state index contributed by atoms with van der Waals surface area (Å²) in [6.45, 7) is 7.41. The van der Waals surface area contributed by atoms with Crippen molar-refractivity contribution in [3.63, 3.8) is 0 Å². The van der Waals surface area contributed by atoms with Crippen LogP contribution in [0.3, 0.4) is 0 Å². The Bertz CT molecular complexity index is 1830. The van der Waals surface area contributed by atoms with Gasteiger partial charge < -0.3 is 29.6 Å². The molecule has 56 heavy (non-hydrogen) atoms. The number of carbonyl (C=O) groups is 2. The fourth-order valence-corrected chi connectivity index (χ4v) is 6.76. The zero-order valence-corrected chi connectivity index (χ0v) is 31.3. The van der Waals surface area contributed by atoms with Crippen molar-refractivity contribution in [1.29, 1.82) is 0 Å². The number of alkyl halides is 3. The normalized spacial score (nSPS) is 17.9. The van der Waals surface area contributed by atoms with Crippen molar-refractivity contribution in [2.24, 2.45) is 0 Å².